The van der Waals surface area contributed by atoms with E-state index in [9.17, 15) is 4.79 Å². The Bertz CT molecular complexity index is 672. The summed E-state index contributed by atoms with van der Waals surface area (Å²) in [6, 6.07) is 10.1. The number of ether oxygens (including phenoxy) is 1. The van der Waals surface area contributed by atoms with Gasteiger partial charge in [-0.25, -0.2) is 0 Å². The number of carbonyl (C=O) groups excluding carboxylic acids is 1. The topological polar surface area (TPSA) is 68.5 Å². The third-order valence-corrected chi connectivity index (χ3v) is 4.49. The molecule has 2 heterocycles. The van der Waals surface area contributed by atoms with Crippen LogP contribution in [-0.2, 0) is 22.6 Å². The predicted molar refractivity (Wildman–Crippen MR) is 92.9 cm³/mol. The molecule has 1 aliphatic heterocycles. The highest BCUT2D eigenvalue weighted by Gasteiger charge is 2.27. The maximum atomic E-state index is 11.9. The molecule has 3 rings (SSSR count). The summed E-state index contributed by atoms with van der Waals surface area (Å²) >= 11 is 0. The van der Waals surface area contributed by atoms with E-state index in [0.717, 1.165) is 24.9 Å². The lowest BCUT2D eigenvalue weighted by atomic mass is 9.98. The first-order valence-corrected chi connectivity index (χ1v) is 8.98. The standard InChI is InChI=1S/C19H25N3O3/c1-2-18(23)22-11-6-9-16(13-22)19-20-17(21-25-19)10-12-24-14-15-7-4-3-5-8-15/h3-5,7-8,16H,2,6,9-14H2,1H3. The number of aromatic nitrogens is 2. The van der Waals surface area contributed by atoms with Crippen LogP contribution in [0.1, 0.15) is 49.4 Å². The summed E-state index contributed by atoms with van der Waals surface area (Å²) in [4.78, 5) is 18.3. The molecular formula is C19H25N3O3. The van der Waals surface area contributed by atoms with Gasteiger partial charge in [0, 0.05) is 25.9 Å². The van der Waals surface area contributed by atoms with E-state index in [4.69, 9.17) is 9.26 Å². The minimum atomic E-state index is 0.149. The molecule has 1 atom stereocenters. The van der Waals surface area contributed by atoms with Gasteiger partial charge >= 0.3 is 0 Å². The summed E-state index contributed by atoms with van der Waals surface area (Å²) in [6.45, 7) is 4.55. The highest BCUT2D eigenvalue weighted by atomic mass is 16.5. The summed E-state index contributed by atoms with van der Waals surface area (Å²) in [7, 11) is 0. The minimum Gasteiger partial charge on any atom is -0.376 e. The molecule has 0 saturated carbocycles. The number of nitrogens with zero attached hydrogens (tertiary/aromatic N) is 3. The van der Waals surface area contributed by atoms with Crippen molar-refractivity contribution in [2.75, 3.05) is 19.7 Å². The molecule has 6 heteroatoms. The van der Waals surface area contributed by atoms with Crippen LogP contribution in [0.3, 0.4) is 0 Å². The number of rotatable bonds is 7. The van der Waals surface area contributed by atoms with Gasteiger partial charge in [-0.3, -0.25) is 4.79 Å². The van der Waals surface area contributed by atoms with E-state index in [2.05, 4.69) is 10.1 Å². The number of carbonyl (C=O) groups is 1. The summed E-state index contributed by atoms with van der Waals surface area (Å²) in [6.07, 6.45) is 3.13. The molecular weight excluding hydrogens is 318 g/mol. The largest absolute Gasteiger partial charge is 0.376 e. The van der Waals surface area contributed by atoms with Gasteiger partial charge in [0.15, 0.2) is 5.82 Å². The molecule has 1 saturated heterocycles. The molecule has 0 aliphatic carbocycles. The van der Waals surface area contributed by atoms with E-state index < -0.39 is 0 Å². The smallest absolute Gasteiger partial charge is 0.231 e. The third kappa shape index (κ3) is 4.89. The zero-order valence-corrected chi connectivity index (χ0v) is 14.7. The Morgan fingerprint density at radius 3 is 3.00 bits per heavy atom. The number of piperidine rings is 1. The van der Waals surface area contributed by atoms with Crippen molar-refractivity contribution < 1.29 is 14.1 Å². The molecule has 0 radical (unpaired) electrons. The molecule has 1 aromatic heterocycles. The number of hydrogen-bond acceptors (Lipinski definition) is 5. The molecule has 25 heavy (non-hydrogen) atoms. The van der Waals surface area contributed by atoms with Gasteiger partial charge in [-0.05, 0) is 18.4 Å². The van der Waals surface area contributed by atoms with E-state index >= 15 is 0 Å². The Morgan fingerprint density at radius 2 is 2.20 bits per heavy atom. The van der Waals surface area contributed by atoms with Gasteiger partial charge in [0.05, 0.1) is 19.1 Å². The van der Waals surface area contributed by atoms with Crippen LogP contribution in [0, 0.1) is 0 Å². The van der Waals surface area contributed by atoms with Crippen molar-refractivity contribution in [2.45, 2.75) is 45.1 Å². The van der Waals surface area contributed by atoms with Crippen molar-refractivity contribution in [1.82, 2.24) is 15.0 Å². The number of hydrogen-bond donors (Lipinski definition) is 0. The van der Waals surface area contributed by atoms with Gasteiger partial charge in [-0.2, -0.15) is 4.98 Å². The Balaban J connectivity index is 1.46. The molecule has 1 amide bonds. The first kappa shape index (κ1) is 17.6. The minimum absolute atomic E-state index is 0.149. The molecule has 6 nitrogen and oxygen atoms in total. The Hall–Kier alpha value is -2.21. The molecule has 1 unspecified atom stereocenters. The van der Waals surface area contributed by atoms with Crippen LogP contribution in [0.25, 0.3) is 0 Å². The van der Waals surface area contributed by atoms with Crippen LogP contribution in [-0.4, -0.2) is 40.6 Å². The van der Waals surface area contributed by atoms with Gasteiger partial charge in [-0.1, -0.05) is 42.4 Å². The van der Waals surface area contributed by atoms with Crippen LogP contribution in [0.4, 0.5) is 0 Å². The van der Waals surface area contributed by atoms with Gasteiger partial charge in [0.25, 0.3) is 0 Å². The van der Waals surface area contributed by atoms with Crippen LogP contribution >= 0.6 is 0 Å². The first-order chi connectivity index (χ1) is 12.3. The highest BCUT2D eigenvalue weighted by molar-refractivity contribution is 5.75. The normalized spacial score (nSPS) is 17.6. The quantitative estimate of drug-likeness (QED) is 0.723. The first-order valence-electron chi connectivity index (χ1n) is 8.98. The van der Waals surface area contributed by atoms with E-state index in [1.165, 1.54) is 0 Å². The van der Waals surface area contributed by atoms with Crippen molar-refractivity contribution in [3.8, 4) is 0 Å². The van der Waals surface area contributed by atoms with Gasteiger partial charge in [0.1, 0.15) is 0 Å². The number of likely N-dealkylation sites (tertiary alicyclic amines) is 1. The third-order valence-electron chi connectivity index (χ3n) is 4.49. The average molecular weight is 343 g/mol. The van der Waals surface area contributed by atoms with Crippen molar-refractivity contribution in [3.05, 3.63) is 47.6 Å². The van der Waals surface area contributed by atoms with Crippen LogP contribution < -0.4 is 0 Å². The van der Waals surface area contributed by atoms with E-state index in [0.29, 0.717) is 44.3 Å². The molecule has 0 spiro atoms. The molecule has 0 bridgehead atoms. The average Bonchev–Trinajstić information content (AvgIpc) is 3.14. The Kier molecular flexibility index (Phi) is 6.17. The SMILES string of the molecule is CCC(=O)N1CCCC(c2nc(CCOCc3ccccc3)no2)C1. The Labute approximate surface area is 148 Å². The summed E-state index contributed by atoms with van der Waals surface area (Å²) in [5.74, 6) is 1.66. The molecule has 134 valence electrons. The molecule has 1 aromatic carbocycles. The fourth-order valence-electron chi connectivity index (χ4n) is 3.09. The van der Waals surface area contributed by atoms with Crippen molar-refractivity contribution in [1.29, 1.82) is 0 Å². The molecule has 1 aliphatic rings. The van der Waals surface area contributed by atoms with E-state index in [1.807, 2.05) is 42.2 Å². The summed E-state index contributed by atoms with van der Waals surface area (Å²) in [5, 5.41) is 4.06. The summed E-state index contributed by atoms with van der Waals surface area (Å²) < 4.78 is 11.1. The number of amides is 1. The zero-order chi connectivity index (χ0) is 17.5. The lowest BCUT2D eigenvalue weighted by Crippen LogP contribution is -2.38. The lowest BCUT2D eigenvalue weighted by molar-refractivity contribution is -0.132. The maximum Gasteiger partial charge on any atom is 0.231 e. The lowest BCUT2D eigenvalue weighted by Gasteiger charge is -2.30. The van der Waals surface area contributed by atoms with Crippen LogP contribution in [0.15, 0.2) is 34.9 Å². The zero-order valence-electron chi connectivity index (χ0n) is 14.7. The van der Waals surface area contributed by atoms with Crippen molar-refractivity contribution in [3.63, 3.8) is 0 Å². The van der Waals surface area contributed by atoms with Gasteiger partial charge < -0.3 is 14.2 Å². The summed E-state index contributed by atoms with van der Waals surface area (Å²) in [5.41, 5.74) is 1.15. The van der Waals surface area contributed by atoms with E-state index in [1.54, 1.807) is 0 Å². The monoisotopic (exact) mass is 343 g/mol. The fraction of sp³-hybridized carbons (Fsp3) is 0.526. The van der Waals surface area contributed by atoms with Crippen molar-refractivity contribution >= 4 is 5.91 Å². The number of benzene rings is 1. The second kappa shape index (κ2) is 8.76. The fourth-order valence-corrected chi connectivity index (χ4v) is 3.09. The van der Waals surface area contributed by atoms with E-state index in [-0.39, 0.29) is 11.8 Å². The van der Waals surface area contributed by atoms with Crippen LogP contribution in [0.2, 0.25) is 0 Å². The second-order valence-corrected chi connectivity index (χ2v) is 6.37. The van der Waals surface area contributed by atoms with Crippen molar-refractivity contribution in [2.24, 2.45) is 0 Å². The highest BCUT2D eigenvalue weighted by Crippen LogP contribution is 2.26. The Morgan fingerprint density at radius 1 is 1.36 bits per heavy atom. The van der Waals surface area contributed by atoms with Crippen LogP contribution in [0.5, 0.6) is 0 Å². The maximum absolute atomic E-state index is 11.9. The predicted octanol–water partition coefficient (Wildman–Crippen LogP) is 2.94. The molecule has 1 fully saturated rings. The molecule has 2 aromatic rings. The second-order valence-electron chi connectivity index (χ2n) is 6.37. The van der Waals surface area contributed by atoms with Gasteiger partial charge in [0.2, 0.25) is 11.8 Å². The molecule has 0 N–H and O–H groups in total. The van der Waals surface area contributed by atoms with Gasteiger partial charge in [-0.15, -0.1) is 0 Å².